The van der Waals surface area contributed by atoms with Crippen LogP contribution in [0.2, 0.25) is 5.02 Å². The van der Waals surface area contributed by atoms with E-state index in [0.29, 0.717) is 29.4 Å². The molecule has 0 amide bonds. The zero-order valence-electron chi connectivity index (χ0n) is 12.9. The number of nitrogens with one attached hydrogen (secondary N) is 1. The lowest BCUT2D eigenvalue weighted by Crippen LogP contribution is -2.25. The number of hydrogen-bond donors (Lipinski definition) is 1. The maximum atomic E-state index is 12.2. The van der Waals surface area contributed by atoms with Crippen molar-refractivity contribution in [1.82, 2.24) is 14.5 Å². The number of aromatic nitrogens is 2. The molecule has 7 heteroatoms. The van der Waals surface area contributed by atoms with Gasteiger partial charge >= 0.3 is 0 Å². The van der Waals surface area contributed by atoms with Crippen LogP contribution in [0, 0.1) is 20.8 Å². The second-order valence-electron chi connectivity index (χ2n) is 5.30. The Bertz CT molecular complexity index is 769. The van der Waals surface area contributed by atoms with Gasteiger partial charge in [-0.2, -0.15) is 5.10 Å². The van der Waals surface area contributed by atoms with Crippen molar-refractivity contribution in [3.8, 4) is 0 Å². The van der Waals surface area contributed by atoms with E-state index >= 15 is 0 Å². The van der Waals surface area contributed by atoms with Gasteiger partial charge in [-0.15, -0.1) is 0 Å². The van der Waals surface area contributed by atoms with E-state index in [9.17, 15) is 8.42 Å². The molecular formula is C15H20ClN3O2S. The fourth-order valence-electron chi connectivity index (χ4n) is 2.05. The van der Waals surface area contributed by atoms with E-state index in [0.717, 1.165) is 16.8 Å². The summed E-state index contributed by atoms with van der Waals surface area (Å²) in [6.45, 7) is 6.71. The number of benzene rings is 1. The predicted molar refractivity (Wildman–Crippen MR) is 87.7 cm³/mol. The van der Waals surface area contributed by atoms with Gasteiger partial charge < -0.3 is 0 Å². The van der Waals surface area contributed by atoms with Crippen molar-refractivity contribution in [2.45, 2.75) is 38.6 Å². The van der Waals surface area contributed by atoms with Crippen molar-refractivity contribution in [2.24, 2.45) is 0 Å². The van der Waals surface area contributed by atoms with E-state index in [1.54, 1.807) is 23.0 Å². The van der Waals surface area contributed by atoms with Crippen LogP contribution in [0.25, 0.3) is 0 Å². The summed E-state index contributed by atoms with van der Waals surface area (Å²) in [5.74, 6) is 0. The molecule has 0 radical (unpaired) electrons. The molecule has 0 aliphatic carbocycles. The molecule has 22 heavy (non-hydrogen) atoms. The highest BCUT2D eigenvalue weighted by atomic mass is 35.5. The Hall–Kier alpha value is -1.37. The average molecular weight is 342 g/mol. The lowest BCUT2D eigenvalue weighted by molar-refractivity contribution is 0.546. The maximum absolute atomic E-state index is 12.2. The lowest BCUT2D eigenvalue weighted by atomic mass is 10.1. The summed E-state index contributed by atoms with van der Waals surface area (Å²) in [5, 5.41) is 4.76. The Labute approximate surface area is 136 Å². The van der Waals surface area contributed by atoms with E-state index in [2.05, 4.69) is 9.82 Å². The van der Waals surface area contributed by atoms with E-state index in [1.165, 1.54) is 0 Å². The molecule has 0 fully saturated rings. The van der Waals surface area contributed by atoms with Gasteiger partial charge in [0.25, 0.3) is 0 Å². The molecule has 1 aromatic carbocycles. The standard InChI is InChI=1S/C15H20ClN3O2S/c1-11-5-6-14(9-12(11)2)22(20,21)18-7-4-8-19-13(3)15(16)10-17-19/h5-6,9-10,18H,4,7-8H2,1-3H3. The van der Waals surface area contributed by atoms with Crippen LogP contribution < -0.4 is 4.72 Å². The van der Waals surface area contributed by atoms with Crippen molar-refractivity contribution in [2.75, 3.05) is 6.54 Å². The number of hydrogen-bond acceptors (Lipinski definition) is 3. The summed E-state index contributed by atoms with van der Waals surface area (Å²) in [5.41, 5.74) is 2.92. The van der Waals surface area contributed by atoms with Crippen LogP contribution in [0.1, 0.15) is 23.2 Å². The highest BCUT2D eigenvalue weighted by Crippen LogP contribution is 2.15. The monoisotopic (exact) mass is 341 g/mol. The van der Waals surface area contributed by atoms with Gasteiger partial charge in [-0.05, 0) is 50.5 Å². The number of halogens is 1. The zero-order valence-corrected chi connectivity index (χ0v) is 14.5. The molecule has 2 aromatic rings. The average Bonchev–Trinajstić information content (AvgIpc) is 2.78. The van der Waals surface area contributed by atoms with E-state index in [-0.39, 0.29) is 0 Å². The summed E-state index contributed by atoms with van der Waals surface area (Å²) >= 11 is 5.93. The van der Waals surface area contributed by atoms with E-state index in [4.69, 9.17) is 11.6 Å². The third kappa shape index (κ3) is 3.88. The van der Waals surface area contributed by atoms with Gasteiger partial charge in [0.1, 0.15) is 0 Å². The molecule has 120 valence electrons. The molecule has 0 atom stereocenters. The largest absolute Gasteiger partial charge is 0.268 e. The van der Waals surface area contributed by atoms with Crippen LogP contribution >= 0.6 is 11.6 Å². The number of sulfonamides is 1. The van der Waals surface area contributed by atoms with Gasteiger partial charge in [0.05, 0.1) is 21.8 Å². The van der Waals surface area contributed by atoms with Crippen LogP contribution in [0.3, 0.4) is 0 Å². The second kappa shape index (κ2) is 6.81. The fourth-order valence-corrected chi connectivity index (χ4v) is 3.35. The van der Waals surface area contributed by atoms with Crippen molar-refractivity contribution >= 4 is 21.6 Å². The molecule has 0 spiro atoms. The molecule has 1 N–H and O–H groups in total. The fraction of sp³-hybridized carbons (Fsp3) is 0.400. The zero-order chi connectivity index (χ0) is 16.3. The van der Waals surface area contributed by atoms with Gasteiger partial charge in [0.2, 0.25) is 10.0 Å². The first-order valence-electron chi connectivity index (χ1n) is 7.06. The maximum Gasteiger partial charge on any atom is 0.240 e. The van der Waals surface area contributed by atoms with Gasteiger partial charge in [-0.1, -0.05) is 17.7 Å². The molecule has 2 rings (SSSR count). The molecule has 1 heterocycles. The highest BCUT2D eigenvalue weighted by molar-refractivity contribution is 7.89. The summed E-state index contributed by atoms with van der Waals surface area (Å²) in [6, 6.07) is 5.14. The molecule has 0 bridgehead atoms. The van der Waals surface area contributed by atoms with Crippen LogP contribution in [0.5, 0.6) is 0 Å². The van der Waals surface area contributed by atoms with Gasteiger partial charge in [0.15, 0.2) is 0 Å². The highest BCUT2D eigenvalue weighted by Gasteiger charge is 2.14. The topological polar surface area (TPSA) is 64.0 Å². The van der Waals surface area contributed by atoms with Gasteiger partial charge in [-0.25, -0.2) is 13.1 Å². The van der Waals surface area contributed by atoms with Gasteiger partial charge in [-0.3, -0.25) is 4.68 Å². The lowest BCUT2D eigenvalue weighted by Gasteiger charge is -2.09. The van der Waals surface area contributed by atoms with Crippen LogP contribution in [-0.4, -0.2) is 24.7 Å². The molecular weight excluding hydrogens is 322 g/mol. The Kier molecular flexibility index (Phi) is 5.26. The summed E-state index contributed by atoms with van der Waals surface area (Å²) in [4.78, 5) is 0.300. The van der Waals surface area contributed by atoms with Crippen LogP contribution in [-0.2, 0) is 16.6 Å². The number of rotatable bonds is 6. The Morgan fingerprint density at radius 3 is 2.55 bits per heavy atom. The molecule has 0 saturated heterocycles. The first-order valence-corrected chi connectivity index (χ1v) is 8.92. The Morgan fingerprint density at radius 2 is 1.95 bits per heavy atom. The SMILES string of the molecule is Cc1ccc(S(=O)(=O)NCCCn2ncc(Cl)c2C)cc1C. The van der Waals surface area contributed by atoms with E-state index < -0.39 is 10.0 Å². The van der Waals surface area contributed by atoms with Crippen LogP contribution in [0.15, 0.2) is 29.3 Å². The smallest absolute Gasteiger partial charge is 0.240 e. The van der Waals surface area contributed by atoms with Gasteiger partial charge in [0, 0.05) is 13.1 Å². The first kappa shape index (κ1) is 17.0. The molecule has 0 aliphatic heterocycles. The minimum atomic E-state index is -3.46. The summed E-state index contributed by atoms with van der Waals surface area (Å²) in [6.07, 6.45) is 2.24. The minimum Gasteiger partial charge on any atom is -0.268 e. The number of aryl methyl sites for hydroxylation is 3. The van der Waals surface area contributed by atoms with Crippen molar-refractivity contribution in [3.05, 3.63) is 46.2 Å². The molecule has 5 nitrogen and oxygen atoms in total. The summed E-state index contributed by atoms with van der Waals surface area (Å²) in [7, 11) is -3.46. The third-order valence-corrected chi connectivity index (χ3v) is 5.50. The van der Waals surface area contributed by atoms with Crippen molar-refractivity contribution < 1.29 is 8.42 Å². The molecule has 0 aliphatic rings. The summed E-state index contributed by atoms with van der Waals surface area (Å²) < 4.78 is 28.8. The second-order valence-corrected chi connectivity index (χ2v) is 7.47. The molecule has 1 aromatic heterocycles. The Balaban J connectivity index is 1.92. The van der Waals surface area contributed by atoms with Crippen LogP contribution in [0.4, 0.5) is 0 Å². The Morgan fingerprint density at radius 1 is 1.23 bits per heavy atom. The quantitative estimate of drug-likeness (QED) is 0.822. The van der Waals surface area contributed by atoms with E-state index in [1.807, 2.05) is 26.8 Å². The molecule has 0 unspecified atom stereocenters. The predicted octanol–water partition coefficient (Wildman–Crippen LogP) is 2.83. The first-order chi connectivity index (χ1) is 10.3. The third-order valence-electron chi connectivity index (χ3n) is 3.67. The van der Waals surface area contributed by atoms with Crippen molar-refractivity contribution in [1.29, 1.82) is 0 Å². The normalized spacial score (nSPS) is 11.8. The van der Waals surface area contributed by atoms with Crippen molar-refractivity contribution in [3.63, 3.8) is 0 Å². The number of nitrogens with zero attached hydrogens (tertiary/aromatic N) is 2. The molecule has 0 saturated carbocycles. The minimum absolute atomic E-state index is 0.300.